The number of halogens is 1. The van der Waals surface area contributed by atoms with Crippen LogP contribution in [-0.2, 0) is 0 Å². The Kier molecular flexibility index (Phi) is 12.8. The van der Waals surface area contributed by atoms with E-state index in [0.717, 1.165) is 83.2 Å². The number of benzene rings is 12. The molecule has 12 aromatic carbocycles. The lowest BCUT2D eigenvalue weighted by Crippen LogP contribution is -2.10. The van der Waals surface area contributed by atoms with E-state index in [1.54, 1.807) is 6.07 Å². The number of fused-ring (bicyclic) bond motifs is 9. The number of hydrogen-bond acceptors (Lipinski definition) is 7. The topological polar surface area (TPSA) is 126 Å². The molecule has 15 aromatic rings. The molecule has 13 heteroatoms. The minimum Gasteiger partial charge on any atom is -0.318 e. The van der Waals surface area contributed by atoms with Crippen molar-refractivity contribution in [3.05, 3.63) is 304 Å². The summed E-state index contributed by atoms with van der Waals surface area (Å²) in [6, 6.07) is 93.7. The molecule has 12 nitrogen and oxygen atoms in total. The fourth-order valence-electron chi connectivity index (χ4n) is 12.9. The summed E-state index contributed by atoms with van der Waals surface area (Å²) in [6.07, 6.45) is 0. The van der Waals surface area contributed by atoms with Crippen molar-refractivity contribution in [3.8, 4) is 46.1 Å². The molecule has 0 saturated carbocycles. The van der Waals surface area contributed by atoms with Crippen LogP contribution in [0.25, 0.3) is 98.5 Å². The number of nitrogens with zero attached hydrogens (tertiary/aromatic N) is 9. The number of rotatable bonds is 12. The van der Waals surface area contributed by atoms with E-state index < -0.39 is 5.09 Å². The van der Waals surface area contributed by atoms with Crippen LogP contribution in [0, 0.1) is 39.3 Å². The van der Waals surface area contributed by atoms with Crippen LogP contribution >= 0.6 is 15.9 Å². The van der Waals surface area contributed by atoms with Crippen LogP contribution < -0.4 is 14.6 Å². The lowest BCUT2D eigenvalue weighted by Gasteiger charge is -2.26. The molecule has 414 valence electrons. The quantitative estimate of drug-likeness (QED) is 0.0677. The van der Waals surface area contributed by atoms with Crippen molar-refractivity contribution in [1.29, 1.82) is 10.5 Å². The maximum Gasteiger partial charge on any atom is 0.299 e. The predicted octanol–water partition coefficient (Wildman–Crippen LogP) is 20.2. The average molecular weight is 1200 g/mol. The first-order valence-electron chi connectivity index (χ1n) is 28.3. The SMILES string of the molecule is [C-]#[N+]c1c(-c2cc(Br)cc(O[N+](=O)[O-])c2)c(C#N)c(-n2c3ccc(N(c4ccccc4)c4ccccc4)cc3c3cc(N(c4ccccc4)c4ccccc4)ccc32)c(C#N)c1-n1c2ccccc2c2cc(-n3c4ccccc4c4ccccc43)ccc21. The lowest BCUT2D eigenvalue weighted by molar-refractivity contribution is -0.711. The molecule has 3 heterocycles. The van der Waals surface area contributed by atoms with Gasteiger partial charge in [0.15, 0.2) is 0 Å². The summed E-state index contributed by atoms with van der Waals surface area (Å²) < 4.78 is 6.59. The van der Waals surface area contributed by atoms with Gasteiger partial charge in [-0.05, 0) is 145 Å². The largest absolute Gasteiger partial charge is 0.318 e. The molecule has 15 rings (SSSR count). The number of aromatic nitrogens is 3. The maximum atomic E-state index is 12.3. The van der Waals surface area contributed by atoms with Gasteiger partial charge in [-0.15, -0.1) is 10.1 Å². The van der Waals surface area contributed by atoms with Crippen molar-refractivity contribution in [1.82, 2.24) is 13.7 Å². The molecular formula is C75H44BrN9O3. The van der Waals surface area contributed by atoms with Crippen LogP contribution in [0.15, 0.2) is 271 Å². The highest BCUT2D eigenvalue weighted by Gasteiger charge is 2.32. The standard InChI is InChI=1S/C75H44BrN9O3/c1-79-73-72(48-40-49(76)42-57(41-48)88-85(86)87)64(46-77)74(65(47-78)75(73)84-68-33-19-16-30-60(68)61-45-56(36-39-69(61)84)82-66-31-17-14-28-58(66)59-29-15-18-32-67(59)82)83-70-37-34-54(80(50-20-6-2-7-21-50)51-22-8-3-9-23-51)43-62(70)63-44-55(35-38-71(63)83)81(52-24-10-4-11-25-52)53-26-12-5-13-27-53/h2-45H. The van der Waals surface area contributed by atoms with Crippen LogP contribution in [-0.4, -0.2) is 18.8 Å². The Labute approximate surface area is 512 Å². The molecule has 0 radical (unpaired) electrons. The molecule has 0 aliphatic carbocycles. The van der Waals surface area contributed by atoms with Gasteiger partial charge in [0.2, 0.25) is 5.69 Å². The van der Waals surface area contributed by atoms with E-state index in [-0.39, 0.29) is 45.1 Å². The molecule has 0 aliphatic heterocycles. The Hall–Kier alpha value is -12.2. The summed E-state index contributed by atoms with van der Waals surface area (Å²) in [5, 5.41) is 41.0. The molecule has 0 saturated heterocycles. The Morgan fingerprint density at radius 3 is 1.28 bits per heavy atom. The average Bonchev–Trinajstić information content (AvgIpc) is 1.54. The maximum absolute atomic E-state index is 12.3. The summed E-state index contributed by atoms with van der Waals surface area (Å²) in [4.78, 5) is 25.9. The first-order chi connectivity index (χ1) is 43.3. The summed E-state index contributed by atoms with van der Waals surface area (Å²) >= 11 is 3.59. The first kappa shape index (κ1) is 52.6. The lowest BCUT2D eigenvalue weighted by atomic mass is 9.91. The molecule has 0 bridgehead atoms. The fraction of sp³-hybridized carbons (Fsp3) is 0. The zero-order valence-corrected chi connectivity index (χ0v) is 48.1. The third-order valence-electron chi connectivity index (χ3n) is 16.3. The molecule has 0 fully saturated rings. The number of anilines is 6. The Balaban J connectivity index is 1.08. The van der Waals surface area contributed by atoms with Gasteiger partial charge < -0.3 is 23.5 Å². The van der Waals surface area contributed by atoms with Crippen LogP contribution in [0.1, 0.15) is 11.1 Å². The zero-order valence-electron chi connectivity index (χ0n) is 46.5. The van der Waals surface area contributed by atoms with Crippen molar-refractivity contribution in [2.75, 3.05) is 9.80 Å². The number of hydrogen-bond donors (Lipinski definition) is 0. The van der Waals surface area contributed by atoms with E-state index in [9.17, 15) is 27.2 Å². The minimum atomic E-state index is -0.901. The second kappa shape index (κ2) is 21.4. The van der Waals surface area contributed by atoms with E-state index in [2.05, 4.69) is 144 Å². The van der Waals surface area contributed by atoms with E-state index in [0.29, 0.717) is 26.5 Å². The molecule has 0 atom stereocenters. The summed E-state index contributed by atoms with van der Waals surface area (Å²) in [6.45, 7) is 9.28. The highest BCUT2D eigenvalue weighted by molar-refractivity contribution is 9.10. The van der Waals surface area contributed by atoms with E-state index in [1.807, 2.05) is 161 Å². The van der Waals surface area contributed by atoms with Crippen molar-refractivity contribution >= 4 is 121 Å². The Bertz CT molecular complexity index is 5200. The predicted molar refractivity (Wildman–Crippen MR) is 355 cm³/mol. The monoisotopic (exact) mass is 1200 g/mol. The van der Waals surface area contributed by atoms with Gasteiger partial charge in [0.05, 0.1) is 62.2 Å². The second-order valence-electron chi connectivity index (χ2n) is 21.2. The molecule has 0 N–H and O–H groups in total. The fourth-order valence-corrected chi connectivity index (χ4v) is 13.3. The normalized spacial score (nSPS) is 11.3. The molecular weight excluding hydrogens is 1150 g/mol. The summed E-state index contributed by atoms with van der Waals surface area (Å²) in [5.74, 6) is -0.143. The van der Waals surface area contributed by atoms with E-state index in [4.69, 9.17) is 4.84 Å². The van der Waals surface area contributed by atoms with Crippen molar-refractivity contribution in [2.24, 2.45) is 0 Å². The highest BCUT2D eigenvalue weighted by Crippen LogP contribution is 2.51. The van der Waals surface area contributed by atoms with Gasteiger partial charge in [-0.2, -0.15) is 10.5 Å². The van der Waals surface area contributed by atoms with Crippen LogP contribution in [0.5, 0.6) is 5.75 Å². The number of para-hydroxylation sites is 7. The first-order valence-corrected chi connectivity index (χ1v) is 29.1. The Morgan fingerprint density at radius 2 is 0.830 bits per heavy atom. The van der Waals surface area contributed by atoms with Crippen LogP contribution in [0.2, 0.25) is 0 Å². The molecule has 88 heavy (non-hydrogen) atoms. The number of nitriles is 2. The third kappa shape index (κ3) is 8.55. The van der Waals surface area contributed by atoms with Gasteiger partial charge in [0, 0.05) is 82.2 Å². The molecule has 3 aromatic heterocycles. The van der Waals surface area contributed by atoms with Crippen molar-refractivity contribution in [2.45, 2.75) is 0 Å². The summed E-state index contributed by atoms with van der Waals surface area (Å²) in [5.41, 5.74) is 12.0. The second-order valence-corrected chi connectivity index (χ2v) is 22.1. The molecule has 0 amide bonds. The van der Waals surface area contributed by atoms with Crippen molar-refractivity contribution < 1.29 is 9.92 Å². The van der Waals surface area contributed by atoms with Gasteiger partial charge in [-0.25, -0.2) is 4.85 Å². The van der Waals surface area contributed by atoms with E-state index in [1.165, 1.54) is 12.1 Å². The van der Waals surface area contributed by atoms with Crippen LogP contribution in [0.3, 0.4) is 0 Å². The third-order valence-corrected chi connectivity index (χ3v) is 16.8. The van der Waals surface area contributed by atoms with Gasteiger partial charge >= 0.3 is 0 Å². The summed E-state index contributed by atoms with van der Waals surface area (Å²) in [7, 11) is 0. The zero-order chi connectivity index (χ0) is 59.6. The van der Waals surface area contributed by atoms with Crippen molar-refractivity contribution in [3.63, 3.8) is 0 Å². The van der Waals surface area contributed by atoms with Crippen LogP contribution in [0.4, 0.5) is 39.8 Å². The Morgan fingerprint density at radius 1 is 0.432 bits per heavy atom. The smallest absolute Gasteiger partial charge is 0.299 e. The van der Waals surface area contributed by atoms with Gasteiger partial charge in [0.1, 0.15) is 17.9 Å². The van der Waals surface area contributed by atoms with E-state index >= 15 is 0 Å². The molecule has 0 spiro atoms. The molecule has 0 aliphatic rings. The van der Waals surface area contributed by atoms with Gasteiger partial charge in [-0.1, -0.05) is 143 Å². The minimum absolute atomic E-state index is 0.0109. The van der Waals surface area contributed by atoms with Gasteiger partial charge in [0.25, 0.3) is 5.09 Å². The molecule has 0 unspecified atom stereocenters. The highest BCUT2D eigenvalue weighted by atomic mass is 79.9. The van der Waals surface area contributed by atoms with Gasteiger partial charge in [-0.3, -0.25) is 4.84 Å².